The van der Waals surface area contributed by atoms with E-state index in [9.17, 15) is 0 Å². The molecule has 0 aliphatic heterocycles. The summed E-state index contributed by atoms with van der Waals surface area (Å²) in [5.41, 5.74) is 2.17. The lowest BCUT2D eigenvalue weighted by atomic mass is 10.1. The number of aromatic nitrogens is 3. The predicted molar refractivity (Wildman–Crippen MR) is 94.7 cm³/mol. The quantitative estimate of drug-likeness (QED) is 0.562. The summed E-state index contributed by atoms with van der Waals surface area (Å²) in [6, 6.07) is 14.1. The molecule has 0 bridgehead atoms. The van der Waals surface area contributed by atoms with Crippen LogP contribution < -0.4 is 0 Å². The molecule has 0 unspecified atom stereocenters. The number of nitrogens with one attached hydrogen (secondary N) is 1. The molecule has 110 valence electrons. The first kappa shape index (κ1) is 14.6. The van der Waals surface area contributed by atoms with Crippen LogP contribution in [0.15, 0.2) is 58.5 Å². The molecule has 4 nitrogen and oxygen atoms in total. The van der Waals surface area contributed by atoms with Gasteiger partial charge in [-0.15, -0.1) is 11.3 Å². The van der Waals surface area contributed by atoms with E-state index in [-0.39, 0.29) is 0 Å². The summed E-state index contributed by atoms with van der Waals surface area (Å²) >= 11 is 6.85. The maximum atomic E-state index is 5.24. The first-order valence-corrected chi connectivity index (χ1v) is 8.02. The molecule has 0 saturated carbocycles. The summed E-state index contributed by atoms with van der Waals surface area (Å²) in [5, 5.41) is 13.5. The summed E-state index contributed by atoms with van der Waals surface area (Å²) in [7, 11) is 0. The van der Waals surface area contributed by atoms with Gasteiger partial charge < -0.3 is 0 Å². The van der Waals surface area contributed by atoms with Gasteiger partial charge in [0.05, 0.1) is 11.1 Å². The molecule has 0 fully saturated rings. The number of nitrogens with zero attached hydrogens (tertiary/aromatic N) is 3. The molecule has 6 heteroatoms. The average molecular weight is 326 g/mol. The minimum atomic E-state index is 0.479. The summed E-state index contributed by atoms with van der Waals surface area (Å²) in [6.45, 7) is 2.00. The Hall–Kier alpha value is -2.31. The minimum Gasteiger partial charge on any atom is -0.250 e. The average Bonchev–Trinajstić information content (AvgIpc) is 3.16. The van der Waals surface area contributed by atoms with Crippen LogP contribution in [-0.4, -0.2) is 21.1 Å². The van der Waals surface area contributed by atoms with Gasteiger partial charge in [0.25, 0.3) is 0 Å². The van der Waals surface area contributed by atoms with Crippen molar-refractivity contribution >= 4 is 35.8 Å². The van der Waals surface area contributed by atoms with Crippen molar-refractivity contribution in [2.24, 2.45) is 5.10 Å². The van der Waals surface area contributed by atoms with E-state index in [0.29, 0.717) is 4.77 Å². The third kappa shape index (κ3) is 3.29. The fourth-order valence-electron chi connectivity index (χ4n) is 1.96. The van der Waals surface area contributed by atoms with Crippen LogP contribution in [0.25, 0.3) is 16.8 Å². The Morgan fingerprint density at radius 3 is 2.82 bits per heavy atom. The number of hydrogen-bond donors (Lipinski definition) is 1. The molecule has 0 aliphatic carbocycles. The number of rotatable bonds is 4. The molecule has 0 atom stereocenters. The third-order valence-electron chi connectivity index (χ3n) is 2.96. The van der Waals surface area contributed by atoms with Gasteiger partial charge in [0.15, 0.2) is 5.82 Å². The van der Waals surface area contributed by atoms with Crippen LogP contribution in [0.3, 0.4) is 0 Å². The van der Waals surface area contributed by atoms with Gasteiger partial charge in [0.2, 0.25) is 4.77 Å². The lowest BCUT2D eigenvalue weighted by Crippen LogP contribution is -1.93. The molecule has 22 heavy (non-hydrogen) atoms. The highest BCUT2D eigenvalue weighted by atomic mass is 32.1. The number of thiophene rings is 1. The van der Waals surface area contributed by atoms with Gasteiger partial charge in [-0.25, -0.2) is 5.10 Å². The van der Waals surface area contributed by atoms with Gasteiger partial charge in [-0.2, -0.15) is 14.9 Å². The Labute approximate surface area is 137 Å². The van der Waals surface area contributed by atoms with E-state index in [0.717, 1.165) is 21.8 Å². The zero-order chi connectivity index (χ0) is 15.4. The molecule has 0 saturated heterocycles. The van der Waals surface area contributed by atoms with Crippen molar-refractivity contribution in [3.63, 3.8) is 0 Å². The maximum absolute atomic E-state index is 5.24. The topological polar surface area (TPSA) is 46.0 Å². The normalized spacial score (nSPS) is 12.1. The summed E-state index contributed by atoms with van der Waals surface area (Å²) in [5.74, 6) is 0.726. The van der Waals surface area contributed by atoms with Crippen molar-refractivity contribution in [2.45, 2.75) is 6.92 Å². The Morgan fingerprint density at radius 1 is 1.27 bits per heavy atom. The van der Waals surface area contributed by atoms with Gasteiger partial charge in [-0.05, 0) is 41.7 Å². The van der Waals surface area contributed by atoms with E-state index < -0.39 is 0 Å². The number of allylic oxidation sites excluding steroid dienone is 1. The van der Waals surface area contributed by atoms with E-state index in [4.69, 9.17) is 12.2 Å². The molecular weight excluding hydrogens is 312 g/mol. The first-order valence-electron chi connectivity index (χ1n) is 6.73. The third-order valence-corrected chi connectivity index (χ3v) is 4.09. The fourth-order valence-corrected chi connectivity index (χ4v) is 2.84. The molecule has 2 heterocycles. The van der Waals surface area contributed by atoms with Crippen LogP contribution in [-0.2, 0) is 0 Å². The molecule has 0 spiro atoms. The second-order valence-electron chi connectivity index (χ2n) is 4.69. The molecule has 1 N–H and O–H groups in total. The number of benzene rings is 1. The van der Waals surface area contributed by atoms with Crippen LogP contribution >= 0.6 is 23.6 Å². The second kappa shape index (κ2) is 6.64. The smallest absolute Gasteiger partial charge is 0.216 e. The molecule has 2 aromatic heterocycles. The molecule has 0 radical (unpaired) electrons. The Bertz CT molecular complexity index is 855. The van der Waals surface area contributed by atoms with E-state index in [2.05, 4.69) is 33.5 Å². The van der Waals surface area contributed by atoms with Gasteiger partial charge in [0, 0.05) is 0 Å². The lowest BCUT2D eigenvalue weighted by molar-refractivity contribution is 0.873. The van der Waals surface area contributed by atoms with Crippen LogP contribution in [0.1, 0.15) is 12.5 Å². The first-order chi connectivity index (χ1) is 10.7. The monoisotopic (exact) mass is 326 g/mol. The molecular formula is C16H14N4S2. The Kier molecular flexibility index (Phi) is 4.41. The van der Waals surface area contributed by atoms with Gasteiger partial charge in [-0.3, -0.25) is 0 Å². The molecule has 0 amide bonds. The number of aromatic amines is 1. The molecule has 0 aliphatic rings. The fraction of sp³-hybridized carbons (Fsp3) is 0.0625. The number of H-pyrrole nitrogens is 1. The molecule has 1 aromatic carbocycles. The standard InChI is InChI=1S/C16H14N4S2/c1-12(10-13-6-3-2-4-7-13)11-17-20-15(18-19-16(20)21)14-8-5-9-22-14/h2-11H,1H3,(H,19,21)/b12-10+,17-11+. The van der Waals surface area contributed by atoms with Crippen molar-refractivity contribution < 1.29 is 0 Å². The van der Waals surface area contributed by atoms with Gasteiger partial charge in [-0.1, -0.05) is 42.5 Å². The largest absolute Gasteiger partial charge is 0.250 e. The Balaban J connectivity index is 1.89. The molecule has 3 aromatic rings. The van der Waals surface area contributed by atoms with E-state index in [1.807, 2.05) is 42.6 Å². The van der Waals surface area contributed by atoms with Crippen molar-refractivity contribution in [2.75, 3.05) is 0 Å². The van der Waals surface area contributed by atoms with E-state index in [1.54, 1.807) is 22.2 Å². The van der Waals surface area contributed by atoms with Gasteiger partial charge in [0.1, 0.15) is 0 Å². The zero-order valence-corrected chi connectivity index (χ0v) is 13.6. The van der Waals surface area contributed by atoms with Crippen LogP contribution in [0.5, 0.6) is 0 Å². The van der Waals surface area contributed by atoms with Crippen molar-refractivity contribution in [1.29, 1.82) is 0 Å². The highest BCUT2D eigenvalue weighted by Gasteiger charge is 2.08. The van der Waals surface area contributed by atoms with Crippen LogP contribution in [0, 0.1) is 4.77 Å². The van der Waals surface area contributed by atoms with Crippen LogP contribution in [0.2, 0.25) is 0 Å². The summed E-state index contributed by atoms with van der Waals surface area (Å²) in [4.78, 5) is 1.02. The lowest BCUT2D eigenvalue weighted by Gasteiger charge is -1.98. The van der Waals surface area contributed by atoms with Gasteiger partial charge >= 0.3 is 0 Å². The van der Waals surface area contributed by atoms with Crippen molar-refractivity contribution in [3.8, 4) is 10.7 Å². The van der Waals surface area contributed by atoms with Crippen LogP contribution in [0.4, 0.5) is 0 Å². The molecule has 3 rings (SSSR count). The highest BCUT2D eigenvalue weighted by Crippen LogP contribution is 2.22. The minimum absolute atomic E-state index is 0.479. The second-order valence-corrected chi connectivity index (χ2v) is 6.02. The summed E-state index contributed by atoms with van der Waals surface area (Å²) in [6.07, 6.45) is 3.85. The highest BCUT2D eigenvalue weighted by molar-refractivity contribution is 7.71. The number of hydrogen-bond acceptors (Lipinski definition) is 4. The van der Waals surface area contributed by atoms with E-state index >= 15 is 0 Å². The zero-order valence-electron chi connectivity index (χ0n) is 11.9. The van der Waals surface area contributed by atoms with Crippen molar-refractivity contribution in [1.82, 2.24) is 14.9 Å². The summed E-state index contributed by atoms with van der Waals surface area (Å²) < 4.78 is 2.12. The van der Waals surface area contributed by atoms with E-state index in [1.165, 1.54) is 0 Å². The van der Waals surface area contributed by atoms with Crippen molar-refractivity contribution in [3.05, 3.63) is 63.8 Å². The maximum Gasteiger partial charge on any atom is 0.216 e. The Morgan fingerprint density at radius 2 is 2.09 bits per heavy atom. The SMILES string of the molecule is CC(/C=N/n1c(-c2cccs2)n[nH]c1=S)=C\c1ccccc1. The predicted octanol–water partition coefficient (Wildman–Crippen LogP) is 4.61.